The molecule has 1 aliphatic rings. The lowest BCUT2D eigenvalue weighted by molar-refractivity contribution is -0.146. The predicted octanol–water partition coefficient (Wildman–Crippen LogP) is 1.75. The van der Waals surface area contributed by atoms with Crippen molar-refractivity contribution < 1.29 is 17.9 Å². The Morgan fingerprint density at radius 2 is 2.05 bits per heavy atom. The van der Waals surface area contributed by atoms with Gasteiger partial charge in [0.15, 0.2) is 0 Å². The highest BCUT2D eigenvalue weighted by molar-refractivity contribution is 7.89. The standard InChI is InChI=1S/C13H17ClN2O4S/c1-20-13(17)9-4-6-10(7-5-9)16-21(18,19)11-3-2-8-15-12(11)14/h2-3,8-10,16H,4-7H2,1H3. The molecule has 0 amide bonds. The number of hydrogen-bond acceptors (Lipinski definition) is 5. The van der Waals surface area contributed by atoms with Crippen LogP contribution >= 0.6 is 11.6 Å². The molecule has 1 heterocycles. The van der Waals surface area contributed by atoms with Crippen molar-refractivity contribution >= 4 is 27.6 Å². The smallest absolute Gasteiger partial charge is 0.308 e. The molecule has 0 radical (unpaired) electrons. The highest BCUT2D eigenvalue weighted by atomic mass is 35.5. The molecule has 1 fully saturated rings. The first-order valence-electron chi connectivity index (χ1n) is 6.64. The van der Waals surface area contributed by atoms with Gasteiger partial charge in [-0.25, -0.2) is 18.1 Å². The molecule has 0 atom stereocenters. The first kappa shape index (κ1) is 16.2. The van der Waals surface area contributed by atoms with Crippen molar-refractivity contribution in [3.05, 3.63) is 23.5 Å². The van der Waals surface area contributed by atoms with Crippen LogP contribution < -0.4 is 4.72 Å². The van der Waals surface area contributed by atoms with E-state index in [2.05, 4.69) is 9.71 Å². The molecular weight excluding hydrogens is 316 g/mol. The Bertz CT molecular complexity index is 612. The van der Waals surface area contributed by atoms with E-state index in [0.717, 1.165) is 0 Å². The number of ether oxygens (including phenoxy) is 1. The minimum absolute atomic E-state index is 0.0261. The number of aromatic nitrogens is 1. The fourth-order valence-corrected chi connectivity index (χ4v) is 4.23. The normalized spacial score (nSPS) is 22.8. The van der Waals surface area contributed by atoms with Crippen molar-refractivity contribution in [3.8, 4) is 0 Å². The third-order valence-electron chi connectivity index (χ3n) is 3.60. The molecule has 6 nitrogen and oxygen atoms in total. The summed E-state index contributed by atoms with van der Waals surface area (Å²) in [5.74, 6) is -0.371. The van der Waals surface area contributed by atoms with Crippen LogP contribution in [0.25, 0.3) is 0 Å². The second kappa shape index (κ2) is 6.72. The largest absolute Gasteiger partial charge is 0.469 e. The maximum Gasteiger partial charge on any atom is 0.308 e. The van der Waals surface area contributed by atoms with Gasteiger partial charge in [0.25, 0.3) is 0 Å². The van der Waals surface area contributed by atoms with Gasteiger partial charge in [-0.3, -0.25) is 4.79 Å². The summed E-state index contributed by atoms with van der Waals surface area (Å²) in [6.45, 7) is 0. The lowest BCUT2D eigenvalue weighted by Crippen LogP contribution is -2.39. The number of carbonyl (C=O) groups excluding carboxylic acids is 1. The van der Waals surface area contributed by atoms with E-state index in [0.29, 0.717) is 25.7 Å². The SMILES string of the molecule is COC(=O)C1CCC(NS(=O)(=O)c2cccnc2Cl)CC1. The van der Waals surface area contributed by atoms with E-state index in [1.807, 2.05) is 0 Å². The van der Waals surface area contributed by atoms with Crippen LogP contribution in [-0.4, -0.2) is 32.5 Å². The van der Waals surface area contributed by atoms with E-state index in [-0.39, 0.29) is 28.0 Å². The Hall–Kier alpha value is -1.18. The summed E-state index contributed by atoms with van der Waals surface area (Å²) in [5.41, 5.74) is 0. The van der Waals surface area contributed by atoms with Gasteiger partial charge in [0.05, 0.1) is 13.0 Å². The number of carbonyl (C=O) groups is 1. The summed E-state index contributed by atoms with van der Waals surface area (Å²) >= 11 is 5.82. The van der Waals surface area contributed by atoms with Gasteiger partial charge in [-0.15, -0.1) is 0 Å². The highest BCUT2D eigenvalue weighted by Crippen LogP contribution is 2.27. The number of pyridine rings is 1. The van der Waals surface area contributed by atoms with Crippen LogP contribution in [-0.2, 0) is 19.6 Å². The average Bonchev–Trinajstić information content (AvgIpc) is 2.47. The quantitative estimate of drug-likeness (QED) is 0.670. The molecule has 0 aliphatic heterocycles. The average molecular weight is 333 g/mol. The molecule has 1 aromatic rings. The molecular formula is C13H17ClN2O4S. The maximum absolute atomic E-state index is 12.3. The Labute approximate surface area is 128 Å². The minimum Gasteiger partial charge on any atom is -0.469 e. The molecule has 0 aromatic carbocycles. The number of methoxy groups -OCH3 is 1. The minimum atomic E-state index is -3.69. The molecule has 116 valence electrons. The summed E-state index contributed by atoms with van der Waals surface area (Å²) < 4.78 is 31.9. The van der Waals surface area contributed by atoms with E-state index >= 15 is 0 Å². The van der Waals surface area contributed by atoms with Gasteiger partial charge in [-0.1, -0.05) is 11.6 Å². The van der Waals surface area contributed by atoms with Crippen molar-refractivity contribution in [1.29, 1.82) is 0 Å². The zero-order valence-electron chi connectivity index (χ0n) is 11.6. The second-order valence-corrected chi connectivity index (χ2v) is 7.03. The molecule has 1 N–H and O–H groups in total. The van der Waals surface area contributed by atoms with Crippen LogP contribution in [0.2, 0.25) is 5.15 Å². The summed E-state index contributed by atoms with van der Waals surface area (Å²) in [6.07, 6.45) is 3.85. The second-order valence-electron chi connectivity index (χ2n) is 4.99. The highest BCUT2D eigenvalue weighted by Gasteiger charge is 2.30. The Kier molecular flexibility index (Phi) is 5.18. The van der Waals surface area contributed by atoms with Gasteiger partial charge < -0.3 is 4.74 Å². The van der Waals surface area contributed by atoms with Crippen molar-refractivity contribution in [2.24, 2.45) is 5.92 Å². The van der Waals surface area contributed by atoms with Crippen molar-refractivity contribution in [2.75, 3.05) is 7.11 Å². The topological polar surface area (TPSA) is 85.4 Å². The summed E-state index contributed by atoms with van der Waals surface area (Å²) in [5, 5.41) is -0.0479. The van der Waals surface area contributed by atoms with Gasteiger partial charge in [0, 0.05) is 12.2 Å². The Balaban J connectivity index is 2.00. The van der Waals surface area contributed by atoms with Crippen LogP contribution in [0.1, 0.15) is 25.7 Å². The van der Waals surface area contributed by atoms with Crippen molar-refractivity contribution in [2.45, 2.75) is 36.6 Å². The summed E-state index contributed by atoms with van der Waals surface area (Å²) in [7, 11) is -2.33. The van der Waals surface area contributed by atoms with Crippen molar-refractivity contribution in [1.82, 2.24) is 9.71 Å². The Morgan fingerprint density at radius 1 is 1.38 bits per heavy atom. The number of nitrogens with zero attached hydrogens (tertiary/aromatic N) is 1. The first-order chi connectivity index (χ1) is 9.94. The zero-order chi connectivity index (χ0) is 15.5. The number of halogens is 1. The number of hydrogen-bond donors (Lipinski definition) is 1. The molecule has 0 unspecified atom stereocenters. The van der Waals surface area contributed by atoms with Crippen molar-refractivity contribution in [3.63, 3.8) is 0 Å². The summed E-state index contributed by atoms with van der Waals surface area (Å²) in [4.78, 5) is 15.2. The molecule has 0 spiro atoms. The van der Waals surface area contributed by atoms with E-state index in [4.69, 9.17) is 16.3 Å². The van der Waals surface area contributed by atoms with Crippen LogP contribution in [0, 0.1) is 5.92 Å². The fourth-order valence-electron chi connectivity index (χ4n) is 2.47. The van der Waals surface area contributed by atoms with Crippen LogP contribution in [0.3, 0.4) is 0 Å². The van der Waals surface area contributed by atoms with Gasteiger partial charge in [-0.05, 0) is 37.8 Å². The summed E-state index contributed by atoms with van der Waals surface area (Å²) in [6, 6.07) is 2.74. The van der Waals surface area contributed by atoms with Gasteiger partial charge in [0.1, 0.15) is 10.0 Å². The molecule has 8 heteroatoms. The van der Waals surface area contributed by atoms with E-state index < -0.39 is 10.0 Å². The molecule has 1 aliphatic carbocycles. The molecule has 1 saturated carbocycles. The lowest BCUT2D eigenvalue weighted by atomic mass is 9.86. The van der Waals surface area contributed by atoms with E-state index in [9.17, 15) is 13.2 Å². The van der Waals surface area contributed by atoms with Gasteiger partial charge in [0.2, 0.25) is 10.0 Å². The van der Waals surface area contributed by atoms with Crippen LogP contribution in [0.15, 0.2) is 23.2 Å². The van der Waals surface area contributed by atoms with Crippen LogP contribution in [0.4, 0.5) is 0 Å². The van der Waals surface area contributed by atoms with Gasteiger partial charge >= 0.3 is 5.97 Å². The molecule has 0 bridgehead atoms. The fraction of sp³-hybridized carbons (Fsp3) is 0.538. The zero-order valence-corrected chi connectivity index (χ0v) is 13.2. The van der Waals surface area contributed by atoms with E-state index in [1.165, 1.54) is 25.4 Å². The molecule has 21 heavy (non-hydrogen) atoms. The molecule has 0 saturated heterocycles. The van der Waals surface area contributed by atoms with Gasteiger partial charge in [-0.2, -0.15) is 0 Å². The molecule has 2 rings (SSSR count). The number of esters is 1. The third-order valence-corrected chi connectivity index (χ3v) is 5.56. The van der Waals surface area contributed by atoms with E-state index in [1.54, 1.807) is 0 Å². The Morgan fingerprint density at radius 3 is 2.62 bits per heavy atom. The third kappa shape index (κ3) is 3.93. The van der Waals surface area contributed by atoms with Crippen LogP contribution in [0.5, 0.6) is 0 Å². The number of rotatable bonds is 4. The number of sulfonamides is 1. The molecule has 1 aromatic heterocycles. The first-order valence-corrected chi connectivity index (χ1v) is 8.51. The maximum atomic E-state index is 12.3. The monoisotopic (exact) mass is 332 g/mol. The number of nitrogens with one attached hydrogen (secondary N) is 1. The lowest BCUT2D eigenvalue weighted by Gasteiger charge is -2.27. The predicted molar refractivity (Wildman–Crippen MR) is 77.3 cm³/mol.